The van der Waals surface area contributed by atoms with Crippen molar-refractivity contribution in [2.75, 3.05) is 0 Å². The molecule has 2 aromatic rings. The summed E-state index contributed by atoms with van der Waals surface area (Å²) in [5.74, 6) is 0.297. The van der Waals surface area contributed by atoms with Gasteiger partial charge in [0.1, 0.15) is 0 Å². The zero-order valence-electron chi connectivity index (χ0n) is 19.6. The van der Waals surface area contributed by atoms with Crippen molar-refractivity contribution in [2.45, 2.75) is 55.4 Å². The lowest BCUT2D eigenvalue weighted by atomic mass is 9.96. The summed E-state index contributed by atoms with van der Waals surface area (Å²) in [5.41, 5.74) is 5.83. The zero-order chi connectivity index (χ0) is 24.7. The largest absolute Gasteiger partial charge is 0.643 e. The van der Waals surface area contributed by atoms with E-state index < -0.39 is 11.4 Å². The molecule has 0 unspecified atom stereocenters. The molecule has 0 N–H and O–H groups in total. The highest BCUT2D eigenvalue weighted by Gasteiger charge is 2.12. The highest BCUT2D eigenvalue weighted by Crippen LogP contribution is 2.14. The Morgan fingerprint density at radius 1 is 0.742 bits per heavy atom. The van der Waals surface area contributed by atoms with Crippen LogP contribution in [0, 0.1) is 39.5 Å². The van der Waals surface area contributed by atoms with Gasteiger partial charge < -0.3 is 0 Å². The van der Waals surface area contributed by atoms with Gasteiger partial charge in [0.2, 0.25) is 5.24 Å². The van der Waals surface area contributed by atoms with Crippen molar-refractivity contribution in [3.8, 4) is 0 Å². The molecule has 0 radical (unpaired) electrons. The molecule has 0 amide bonds. The third kappa shape index (κ3) is 18.7. The van der Waals surface area contributed by atoms with Crippen molar-refractivity contribution >= 4 is 64.2 Å². The first-order chi connectivity index (χ1) is 14.2. The fourth-order valence-electron chi connectivity index (χ4n) is 2.21. The van der Waals surface area contributed by atoms with E-state index in [0.717, 1.165) is 11.1 Å². The van der Waals surface area contributed by atoms with Crippen molar-refractivity contribution in [3.63, 3.8) is 0 Å². The number of halogens is 4. The van der Waals surface area contributed by atoms with E-state index in [0.29, 0.717) is 0 Å². The van der Waals surface area contributed by atoms with Gasteiger partial charge in [0.25, 0.3) is 0 Å². The number of aryl methyl sites for hydroxylation is 4. The molecule has 0 fully saturated rings. The second-order valence-corrected chi connectivity index (χ2v) is 14.5. The van der Waals surface area contributed by atoms with E-state index in [4.69, 9.17) is 41.7 Å². The van der Waals surface area contributed by atoms with Crippen LogP contribution in [0.15, 0.2) is 42.5 Å². The fraction of sp³-hybridized carbons (Fsp3) is 0.417. The first-order valence-electron chi connectivity index (χ1n) is 9.95. The van der Waals surface area contributed by atoms with Gasteiger partial charge in [0, 0.05) is 17.4 Å². The van der Waals surface area contributed by atoms with E-state index in [2.05, 4.69) is 44.2 Å². The number of hydrogen-bond donors (Lipinski definition) is 0. The van der Waals surface area contributed by atoms with Crippen LogP contribution in [0.4, 0.5) is 0 Å². The summed E-state index contributed by atoms with van der Waals surface area (Å²) < 4.78 is 0. The Morgan fingerprint density at radius 2 is 1.13 bits per heavy atom. The molecule has 172 valence electrons. The van der Waals surface area contributed by atoms with Crippen LogP contribution in [-0.2, 0) is 4.79 Å². The molecule has 0 aliphatic rings. The molecular weight excluding hydrogens is 489 g/mol. The van der Waals surface area contributed by atoms with Gasteiger partial charge in [0.05, 0.1) is 0 Å². The third-order valence-corrected chi connectivity index (χ3v) is 4.24. The molecule has 0 aliphatic heterocycles. The minimum absolute atomic E-state index is 0.0216. The molecular formula is C24H33AlCl4O2. The second kappa shape index (κ2) is 18.0. The second-order valence-electron chi connectivity index (χ2n) is 7.70. The molecule has 0 saturated heterocycles. The number of hydrogen-bond acceptors (Lipinski definition) is 2. The number of rotatable bonds is 3. The molecule has 0 spiro atoms. The molecule has 0 aliphatic carbocycles. The topological polar surface area (TPSA) is 34.1 Å². The van der Waals surface area contributed by atoms with Crippen molar-refractivity contribution in [1.82, 2.24) is 0 Å². The number of carbonyl (C=O) groups excluding carboxylic acids is 2. The number of carbonyl (C=O) groups is 2. The Morgan fingerprint density at radius 3 is 1.39 bits per heavy atom. The summed E-state index contributed by atoms with van der Waals surface area (Å²) in [6.07, 6.45) is 0. The van der Waals surface area contributed by atoms with Crippen LogP contribution < -0.4 is 0 Å². The first kappa shape index (κ1) is 32.7. The molecule has 7 heteroatoms. The molecule has 0 heterocycles. The van der Waals surface area contributed by atoms with Gasteiger partial charge >= 0.3 is 11.4 Å². The molecule has 0 aromatic heterocycles. The van der Waals surface area contributed by atoms with Crippen molar-refractivity contribution < 1.29 is 9.59 Å². The number of benzene rings is 2. The molecule has 31 heavy (non-hydrogen) atoms. The van der Waals surface area contributed by atoms with Crippen LogP contribution in [0.3, 0.4) is 0 Å². The standard InChI is InChI=1S/C12H16O.C8H10.C4H7ClO.Al.3ClH/c1-8(2)12(13)11-6-5-9(3)7-10(11)4;1-7-4-3-5-8(2)6-7;1-3(2)4(5)6;;;;/h5-8H,1-4H3;3-6H,1-2H3;3H,1-2H3;;3*1H/q;;;+3;;;/p-3. The van der Waals surface area contributed by atoms with Gasteiger partial charge in [-0.25, -0.2) is 30.1 Å². The van der Waals surface area contributed by atoms with Crippen LogP contribution in [-0.4, -0.2) is 22.4 Å². The molecule has 0 bridgehead atoms. The molecule has 2 nitrogen and oxygen atoms in total. The summed E-state index contributed by atoms with van der Waals surface area (Å²) in [5, 5.41) is -0.269. The quantitative estimate of drug-likeness (QED) is 0.230. The predicted octanol–water partition coefficient (Wildman–Crippen LogP) is 8.54. The Kier molecular flexibility index (Phi) is 18.9. The van der Waals surface area contributed by atoms with Crippen LogP contribution in [0.25, 0.3) is 0 Å². The summed E-state index contributed by atoms with van der Waals surface area (Å²) in [6.45, 7) is 15.6. The third-order valence-electron chi connectivity index (χ3n) is 3.80. The lowest BCUT2D eigenvalue weighted by molar-refractivity contribution is -0.114. The van der Waals surface area contributed by atoms with Gasteiger partial charge in [-0.2, -0.15) is 0 Å². The lowest BCUT2D eigenvalue weighted by Crippen LogP contribution is -2.09. The average Bonchev–Trinajstić information content (AvgIpc) is 2.61. The molecule has 2 rings (SSSR count). The zero-order valence-corrected chi connectivity index (χ0v) is 23.8. The lowest BCUT2D eigenvalue weighted by Gasteiger charge is -2.07. The van der Waals surface area contributed by atoms with Gasteiger partial charge in [-0.05, 0) is 44.9 Å². The Hall–Kier alpha value is -0.528. The van der Waals surface area contributed by atoms with Gasteiger partial charge in [-0.15, -0.1) is 0 Å². The number of ketones is 1. The predicted molar refractivity (Wildman–Crippen MR) is 140 cm³/mol. The Labute approximate surface area is 210 Å². The van der Waals surface area contributed by atoms with Crippen LogP contribution in [0.2, 0.25) is 0 Å². The monoisotopic (exact) mass is 520 g/mol. The fourth-order valence-corrected chi connectivity index (χ4v) is 2.21. The van der Waals surface area contributed by atoms with Crippen LogP contribution in [0.1, 0.15) is 60.3 Å². The van der Waals surface area contributed by atoms with Gasteiger partial charge in [-0.1, -0.05) is 86.8 Å². The van der Waals surface area contributed by atoms with Crippen LogP contribution in [0.5, 0.6) is 0 Å². The molecule has 0 saturated carbocycles. The smallest absolute Gasteiger partial charge is 0.294 e. The van der Waals surface area contributed by atoms with E-state index in [1.807, 2.05) is 39.8 Å². The van der Waals surface area contributed by atoms with E-state index in [-0.39, 0.29) is 22.9 Å². The molecule has 2 aromatic carbocycles. The minimum Gasteiger partial charge on any atom is -0.294 e. The van der Waals surface area contributed by atoms with E-state index >= 15 is 0 Å². The summed E-state index contributed by atoms with van der Waals surface area (Å²) in [6, 6.07) is 14.4. The normalized spacial score (nSPS) is 9.48. The summed E-state index contributed by atoms with van der Waals surface area (Å²) >= 11 is 3.25. The average molecular weight is 522 g/mol. The molecule has 0 atom stereocenters. The van der Waals surface area contributed by atoms with Gasteiger partial charge in [0.15, 0.2) is 5.78 Å². The van der Waals surface area contributed by atoms with E-state index in [1.54, 1.807) is 13.8 Å². The van der Waals surface area contributed by atoms with Crippen LogP contribution >= 0.6 is 41.7 Å². The Balaban J connectivity index is 0. The van der Waals surface area contributed by atoms with E-state index in [9.17, 15) is 9.59 Å². The minimum atomic E-state index is -1.72. The maximum absolute atomic E-state index is 11.7. The summed E-state index contributed by atoms with van der Waals surface area (Å²) in [7, 11) is 14.8. The maximum Gasteiger partial charge on any atom is 0.643 e. The van der Waals surface area contributed by atoms with E-state index in [1.165, 1.54) is 16.7 Å². The number of Topliss-reactive ketones (excluding diaryl/α,β-unsaturated/α-hetero) is 1. The Bertz CT molecular complexity index is 786. The maximum atomic E-state index is 11.7. The van der Waals surface area contributed by atoms with Crippen molar-refractivity contribution in [2.24, 2.45) is 11.8 Å². The van der Waals surface area contributed by atoms with Crippen molar-refractivity contribution in [1.29, 1.82) is 0 Å². The van der Waals surface area contributed by atoms with Crippen molar-refractivity contribution in [3.05, 3.63) is 70.3 Å². The summed E-state index contributed by atoms with van der Waals surface area (Å²) in [4.78, 5) is 21.6. The highest BCUT2D eigenvalue weighted by molar-refractivity contribution is 7.54. The van der Waals surface area contributed by atoms with Gasteiger partial charge in [-0.3, -0.25) is 9.59 Å². The SMILES string of the molecule is CC(C)C(=O)Cl.Cc1ccc(C(=O)C(C)C)c(C)c1.Cc1cccc(C)c1.[Cl][Al]([Cl])[Cl]. The highest BCUT2D eigenvalue weighted by atomic mass is 35.8. The first-order valence-corrected chi connectivity index (χ1v) is 15.6.